The van der Waals surface area contributed by atoms with Crippen LogP contribution in [0.2, 0.25) is 0 Å². The molecule has 6 nitrogen and oxygen atoms in total. The van der Waals surface area contributed by atoms with E-state index in [1.807, 2.05) is 19.1 Å². The van der Waals surface area contributed by atoms with Gasteiger partial charge in [-0.15, -0.1) is 0 Å². The van der Waals surface area contributed by atoms with Crippen LogP contribution in [0.4, 0.5) is 0 Å². The van der Waals surface area contributed by atoms with Crippen molar-refractivity contribution < 1.29 is 18.7 Å². The maximum absolute atomic E-state index is 12.3. The van der Waals surface area contributed by atoms with Gasteiger partial charge in [0.15, 0.2) is 17.1 Å². The number of carbonyl (C=O) groups is 2. The lowest BCUT2D eigenvalue weighted by atomic mass is 10.1. The summed E-state index contributed by atoms with van der Waals surface area (Å²) >= 11 is 0. The fraction of sp³-hybridized carbons (Fsp3) is 0.412. The number of hydrogen-bond donors (Lipinski definition) is 1. The van der Waals surface area contributed by atoms with Crippen molar-refractivity contribution in [3.05, 3.63) is 29.5 Å². The molecule has 1 aliphatic rings. The van der Waals surface area contributed by atoms with Crippen LogP contribution in [0.5, 0.6) is 5.75 Å². The highest BCUT2D eigenvalue weighted by molar-refractivity contribution is 6.01. The smallest absolute Gasteiger partial charge is 0.287 e. The molecule has 3 rings (SSSR count). The minimum absolute atomic E-state index is 0.00749. The molecule has 1 N–H and O–H groups in total. The molecule has 2 heterocycles. The number of rotatable bonds is 4. The van der Waals surface area contributed by atoms with Gasteiger partial charge in [0.2, 0.25) is 5.91 Å². The minimum Gasteiger partial charge on any atom is -0.493 e. The van der Waals surface area contributed by atoms with Crippen LogP contribution in [0, 0.1) is 6.92 Å². The topological polar surface area (TPSA) is 71.8 Å². The predicted molar refractivity (Wildman–Crippen MR) is 85.7 cm³/mol. The Morgan fingerprint density at radius 3 is 2.74 bits per heavy atom. The number of nitrogens with zero attached hydrogens (tertiary/aromatic N) is 1. The lowest BCUT2D eigenvalue weighted by molar-refractivity contribution is -0.129. The number of methoxy groups -OCH3 is 1. The Balaban J connectivity index is 1.75. The Kier molecular flexibility index (Phi) is 4.23. The number of nitrogens with one attached hydrogen (secondary N) is 1. The normalized spacial score (nSPS) is 14.3. The summed E-state index contributed by atoms with van der Waals surface area (Å²) in [5.41, 5.74) is 1.29. The van der Waals surface area contributed by atoms with Crippen LogP contribution in [0.15, 0.2) is 22.6 Å². The van der Waals surface area contributed by atoms with E-state index in [1.54, 1.807) is 18.1 Å². The fourth-order valence-corrected chi connectivity index (χ4v) is 2.91. The Bertz CT molecular complexity index is 744. The zero-order chi connectivity index (χ0) is 16.4. The molecule has 1 saturated heterocycles. The maximum atomic E-state index is 12.3. The predicted octanol–water partition coefficient (Wildman–Crippen LogP) is 2.10. The quantitative estimate of drug-likeness (QED) is 0.937. The Morgan fingerprint density at radius 1 is 1.30 bits per heavy atom. The molecular weight excluding hydrogens is 296 g/mol. The van der Waals surface area contributed by atoms with E-state index in [0.717, 1.165) is 36.9 Å². The first-order valence-corrected chi connectivity index (χ1v) is 7.74. The van der Waals surface area contributed by atoms with Crippen molar-refractivity contribution in [1.29, 1.82) is 0 Å². The summed E-state index contributed by atoms with van der Waals surface area (Å²) < 4.78 is 10.9. The van der Waals surface area contributed by atoms with E-state index < -0.39 is 0 Å². The summed E-state index contributed by atoms with van der Waals surface area (Å²) in [6.07, 6.45) is 2.06. The Labute approximate surface area is 134 Å². The zero-order valence-corrected chi connectivity index (χ0v) is 13.3. The highest BCUT2D eigenvalue weighted by Gasteiger charge is 2.22. The maximum Gasteiger partial charge on any atom is 0.287 e. The molecule has 0 atom stereocenters. The van der Waals surface area contributed by atoms with Crippen LogP contribution in [0.1, 0.15) is 29.0 Å². The first-order chi connectivity index (χ1) is 11.1. The third-order valence-electron chi connectivity index (χ3n) is 4.21. The number of hydrogen-bond acceptors (Lipinski definition) is 4. The molecule has 1 aromatic carbocycles. The molecule has 1 aromatic heterocycles. The number of aryl methyl sites for hydroxylation is 1. The molecule has 1 fully saturated rings. The average Bonchev–Trinajstić information content (AvgIpc) is 3.21. The Hall–Kier alpha value is -2.50. The van der Waals surface area contributed by atoms with E-state index in [4.69, 9.17) is 9.15 Å². The van der Waals surface area contributed by atoms with Crippen molar-refractivity contribution >= 4 is 22.8 Å². The van der Waals surface area contributed by atoms with Crippen LogP contribution in [-0.4, -0.2) is 43.5 Å². The summed E-state index contributed by atoms with van der Waals surface area (Å²) in [5.74, 6) is 0.368. The second-order valence-electron chi connectivity index (χ2n) is 5.66. The highest BCUT2D eigenvalue weighted by Crippen LogP contribution is 2.32. The van der Waals surface area contributed by atoms with Crippen LogP contribution in [-0.2, 0) is 4.79 Å². The van der Waals surface area contributed by atoms with E-state index in [1.165, 1.54) is 0 Å². The third kappa shape index (κ3) is 2.88. The van der Waals surface area contributed by atoms with Gasteiger partial charge in [-0.3, -0.25) is 9.59 Å². The van der Waals surface area contributed by atoms with Crippen molar-refractivity contribution in [1.82, 2.24) is 10.2 Å². The summed E-state index contributed by atoms with van der Waals surface area (Å²) in [5, 5.41) is 3.48. The largest absolute Gasteiger partial charge is 0.493 e. The molecule has 1 aliphatic heterocycles. The van der Waals surface area contributed by atoms with E-state index >= 15 is 0 Å². The monoisotopic (exact) mass is 316 g/mol. The molecule has 2 aromatic rings. The van der Waals surface area contributed by atoms with Gasteiger partial charge >= 0.3 is 0 Å². The van der Waals surface area contributed by atoms with Gasteiger partial charge in [0.05, 0.1) is 13.7 Å². The van der Waals surface area contributed by atoms with E-state index in [9.17, 15) is 9.59 Å². The number of carbonyl (C=O) groups excluding carboxylic acids is 2. The Morgan fingerprint density at radius 2 is 2.04 bits per heavy atom. The van der Waals surface area contributed by atoms with Gasteiger partial charge in [0.1, 0.15) is 0 Å². The third-order valence-corrected chi connectivity index (χ3v) is 4.21. The van der Waals surface area contributed by atoms with Crippen molar-refractivity contribution in [3.8, 4) is 5.75 Å². The van der Waals surface area contributed by atoms with Gasteiger partial charge < -0.3 is 19.4 Å². The van der Waals surface area contributed by atoms with Crippen LogP contribution in [0.3, 0.4) is 0 Å². The number of para-hydroxylation sites is 1. The molecular formula is C17H20N2O4. The van der Waals surface area contributed by atoms with Crippen molar-refractivity contribution in [2.75, 3.05) is 26.7 Å². The number of fused-ring (bicyclic) bond motifs is 1. The van der Waals surface area contributed by atoms with Gasteiger partial charge in [-0.2, -0.15) is 0 Å². The van der Waals surface area contributed by atoms with Crippen molar-refractivity contribution in [2.24, 2.45) is 0 Å². The first-order valence-electron chi connectivity index (χ1n) is 7.74. The SMILES string of the molecule is COc1cccc2c(C)c(C(=O)NCC(=O)N3CCCC3)oc12. The molecule has 0 spiro atoms. The van der Waals surface area contributed by atoms with E-state index in [0.29, 0.717) is 11.3 Å². The molecule has 0 aliphatic carbocycles. The summed E-state index contributed by atoms with van der Waals surface area (Å²) in [6, 6.07) is 5.51. The number of benzene rings is 1. The van der Waals surface area contributed by atoms with Gasteiger partial charge in [-0.05, 0) is 25.8 Å². The average molecular weight is 316 g/mol. The molecule has 0 bridgehead atoms. The molecule has 23 heavy (non-hydrogen) atoms. The zero-order valence-electron chi connectivity index (χ0n) is 13.3. The number of furan rings is 1. The molecule has 0 unspecified atom stereocenters. The standard InChI is InChI=1S/C17H20N2O4/c1-11-12-6-5-7-13(22-2)16(12)23-15(11)17(21)18-10-14(20)19-8-3-4-9-19/h5-7H,3-4,8-10H2,1-2H3,(H,18,21). The molecule has 2 amide bonds. The lowest BCUT2D eigenvalue weighted by Crippen LogP contribution is -2.38. The van der Waals surface area contributed by atoms with Gasteiger partial charge in [0.25, 0.3) is 5.91 Å². The van der Waals surface area contributed by atoms with Gasteiger partial charge in [-0.25, -0.2) is 0 Å². The van der Waals surface area contributed by atoms with Gasteiger partial charge in [-0.1, -0.05) is 12.1 Å². The highest BCUT2D eigenvalue weighted by atomic mass is 16.5. The molecule has 6 heteroatoms. The second kappa shape index (κ2) is 6.32. The fourth-order valence-electron chi connectivity index (χ4n) is 2.91. The van der Waals surface area contributed by atoms with Crippen LogP contribution < -0.4 is 10.1 Å². The summed E-state index contributed by atoms with van der Waals surface area (Å²) in [4.78, 5) is 26.1. The minimum atomic E-state index is -0.381. The van der Waals surface area contributed by atoms with Crippen molar-refractivity contribution in [3.63, 3.8) is 0 Å². The van der Waals surface area contributed by atoms with Crippen LogP contribution >= 0.6 is 0 Å². The molecule has 122 valence electrons. The number of amides is 2. The van der Waals surface area contributed by atoms with E-state index in [2.05, 4.69) is 5.32 Å². The molecule has 0 saturated carbocycles. The first kappa shape index (κ1) is 15.4. The second-order valence-corrected chi connectivity index (χ2v) is 5.66. The van der Waals surface area contributed by atoms with Crippen LogP contribution in [0.25, 0.3) is 11.0 Å². The summed E-state index contributed by atoms with van der Waals surface area (Å²) in [6.45, 7) is 3.36. The van der Waals surface area contributed by atoms with E-state index in [-0.39, 0.29) is 24.1 Å². The lowest BCUT2D eigenvalue weighted by Gasteiger charge is -2.15. The van der Waals surface area contributed by atoms with Crippen molar-refractivity contribution in [2.45, 2.75) is 19.8 Å². The number of ether oxygens (including phenoxy) is 1. The summed E-state index contributed by atoms with van der Waals surface area (Å²) in [7, 11) is 1.56. The molecule has 0 radical (unpaired) electrons. The van der Waals surface area contributed by atoms with Gasteiger partial charge in [0, 0.05) is 24.0 Å². The number of likely N-dealkylation sites (tertiary alicyclic amines) is 1.